The highest BCUT2D eigenvalue weighted by Crippen LogP contribution is 2.22. The number of hydrogen-bond acceptors (Lipinski definition) is 7. The molecule has 3 saturated heterocycles. The number of hydrogen-bond donors (Lipinski definition) is 2. The maximum Gasteiger partial charge on any atom is 0.410 e. The molecule has 10 heteroatoms. The summed E-state index contributed by atoms with van der Waals surface area (Å²) in [5.74, 6) is -0.126. The Hall–Kier alpha value is -2.85. The van der Waals surface area contributed by atoms with Gasteiger partial charge < -0.3 is 30.1 Å². The molecule has 3 aliphatic rings. The minimum atomic E-state index is -0.451. The van der Waals surface area contributed by atoms with Gasteiger partial charge in [-0.1, -0.05) is 18.2 Å². The molecule has 36 heavy (non-hydrogen) atoms. The summed E-state index contributed by atoms with van der Waals surface area (Å²) in [6.45, 7) is 6.57. The van der Waals surface area contributed by atoms with E-state index >= 15 is 0 Å². The monoisotopic (exact) mass is 500 g/mol. The average molecular weight is 501 g/mol. The Labute approximate surface area is 213 Å². The van der Waals surface area contributed by atoms with E-state index in [1.165, 1.54) is 0 Å². The van der Waals surface area contributed by atoms with E-state index in [4.69, 9.17) is 4.74 Å². The standard InChI is InChI=1S/C26H40N6O4/c1-27-24-5-3-2-4-21(24)18-32(20-33)23-8-12-31(13-9-23)26(35)36-19-25(34)30-16-14-29(15-17-30)22-6-10-28-11-7-22/h2-5,20,22-23,27-28H,6-19H2,1H3. The Kier molecular flexibility index (Phi) is 9.41. The minimum absolute atomic E-state index is 0.0642. The second kappa shape index (κ2) is 12.9. The quantitative estimate of drug-likeness (QED) is 0.518. The summed E-state index contributed by atoms with van der Waals surface area (Å²) in [6.07, 6.45) is 4.14. The van der Waals surface area contributed by atoms with Crippen molar-refractivity contribution in [3.63, 3.8) is 0 Å². The highest BCUT2D eigenvalue weighted by molar-refractivity contribution is 5.80. The van der Waals surface area contributed by atoms with Crippen LogP contribution in [-0.4, -0.2) is 116 Å². The molecule has 3 heterocycles. The molecule has 0 bridgehead atoms. The van der Waals surface area contributed by atoms with Crippen LogP contribution in [0, 0.1) is 0 Å². The number of ether oxygens (including phenoxy) is 1. The number of nitrogens with one attached hydrogen (secondary N) is 2. The molecule has 2 N–H and O–H groups in total. The first-order valence-electron chi connectivity index (χ1n) is 13.2. The molecule has 4 rings (SSSR count). The van der Waals surface area contributed by atoms with Crippen LogP contribution in [0.2, 0.25) is 0 Å². The van der Waals surface area contributed by atoms with Crippen LogP contribution < -0.4 is 10.6 Å². The van der Waals surface area contributed by atoms with Crippen LogP contribution >= 0.6 is 0 Å². The van der Waals surface area contributed by atoms with E-state index in [1.54, 1.807) is 4.90 Å². The summed E-state index contributed by atoms with van der Waals surface area (Å²) in [5.41, 5.74) is 2.06. The van der Waals surface area contributed by atoms with Gasteiger partial charge in [0.05, 0.1) is 0 Å². The molecule has 0 spiro atoms. The molecule has 0 aliphatic carbocycles. The lowest BCUT2D eigenvalue weighted by Crippen LogP contribution is -2.54. The topological polar surface area (TPSA) is 97.5 Å². The van der Waals surface area contributed by atoms with Crippen molar-refractivity contribution in [3.8, 4) is 0 Å². The van der Waals surface area contributed by atoms with Gasteiger partial charge >= 0.3 is 6.09 Å². The van der Waals surface area contributed by atoms with Gasteiger partial charge in [-0.3, -0.25) is 14.5 Å². The van der Waals surface area contributed by atoms with Gasteiger partial charge in [-0.05, 0) is 50.4 Å². The number of carbonyl (C=O) groups excluding carboxylic acids is 3. The summed E-state index contributed by atoms with van der Waals surface area (Å²) in [4.78, 5) is 44.8. The maximum atomic E-state index is 12.6. The van der Waals surface area contributed by atoms with E-state index in [1.807, 2.05) is 41.1 Å². The number of carbonyl (C=O) groups is 3. The van der Waals surface area contributed by atoms with Gasteiger partial charge in [-0.25, -0.2) is 4.79 Å². The second-order valence-electron chi connectivity index (χ2n) is 9.86. The smallest absolute Gasteiger partial charge is 0.410 e. The number of likely N-dealkylation sites (tertiary alicyclic amines) is 1. The lowest BCUT2D eigenvalue weighted by molar-refractivity contribution is -0.137. The fourth-order valence-electron chi connectivity index (χ4n) is 5.55. The number of amides is 3. The first-order valence-corrected chi connectivity index (χ1v) is 13.2. The summed E-state index contributed by atoms with van der Waals surface area (Å²) in [5, 5.41) is 6.56. The molecule has 0 radical (unpaired) electrons. The molecule has 10 nitrogen and oxygen atoms in total. The number of rotatable bonds is 8. The Morgan fingerprint density at radius 3 is 2.39 bits per heavy atom. The van der Waals surface area contributed by atoms with Crippen molar-refractivity contribution in [2.45, 2.75) is 44.3 Å². The van der Waals surface area contributed by atoms with Gasteiger partial charge in [0.2, 0.25) is 6.41 Å². The SMILES string of the molecule is CNc1ccccc1CN(C=O)C1CCN(C(=O)OCC(=O)N2CCN(C3CCNCC3)CC2)CC1. The molecule has 3 aliphatic heterocycles. The normalized spacial score (nSPS) is 20.1. The number of benzene rings is 1. The number of piperazine rings is 1. The Balaban J connectivity index is 1.17. The summed E-state index contributed by atoms with van der Waals surface area (Å²) in [6, 6.07) is 8.61. The van der Waals surface area contributed by atoms with Gasteiger partial charge in [0, 0.05) is 70.6 Å². The fraction of sp³-hybridized carbons (Fsp3) is 0.654. The van der Waals surface area contributed by atoms with Crippen LogP contribution in [0.15, 0.2) is 24.3 Å². The largest absolute Gasteiger partial charge is 0.439 e. The zero-order valence-corrected chi connectivity index (χ0v) is 21.4. The predicted octanol–water partition coefficient (Wildman–Crippen LogP) is 1.18. The fourth-order valence-corrected chi connectivity index (χ4v) is 5.55. The van der Waals surface area contributed by atoms with E-state index in [9.17, 15) is 14.4 Å². The molecular weight excluding hydrogens is 460 g/mol. The molecule has 0 unspecified atom stereocenters. The van der Waals surface area contributed by atoms with Gasteiger partial charge in [0.25, 0.3) is 5.91 Å². The minimum Gasteiger partial charge on any atom is -0.439 e. The van der Waals surface area contributed by atoms with Crippen molar-refractivity contribution in [1.29, 1.82) is 0 Å². The average Bonchev–Trinajstić information content (AvgIpc) is 2.95. The lowest BCUT2D eigenvalue weighted by Gasteiger charge is -2.40. The van der Waals surface area contributed by atoms with Gasteiger partial charge in [0.15, 0.2) is 6.61 Å². The van der Waals surface area contributed by atoms with Crippen LogP contribution in [0.25, 0.3) is 0 Å². The van der Waals surface area contributed by atoms with Crippen LogP contribution in [0.5, 0.6) is 0 Å². The summed E-state index contributed by atoms with van der Waals surface area (Å²) >= 11 is 0. The van der Waals surface area contributed by atoms with Crippen molar-refractivity contribution < 1.29 is 19.1 Å². The third kappa shape index (κ3) is 6.67. The Bertz CT molecular complexity index is 877. The number of nitrogens with zero attached hydrogens (tertiary/aromatic N) is 4. The third-order valence-electron chi connectivity index (χ3n) is 7.78. The zero-order valence-electron chi connectivity index (χ0n) is 21.4. The van der Waals surface area contributed by atoms with Crippen molar-refractivity contribution in [2.24, 2.45) is 0 Å². The highest BCUT2D eigenvalue weighted by Gasteiger charge is 2.30. The van der Waals surface area contributed by atoms with Crippen molar-refractivity contribution in [3.05, 3.63) is 29.8 Å². The van der Waals surface area contributed by atoms with Crippen LogP contribution in [0.1, 0.15) is 31.2 Å². The number of anilines is 1. The van der Waals surface area contributed by atoms with E-state index in [2.05, 4.69) is 15.5 Å². The van der Waals surface area contributed by atoms with Gasteiger partial charge in [-0.15, -0.1) is 0 Å². The third-order valence-corrected chi connectivity index (χ3v) is 7.78. The lowest BCUT2D eigenvalue weighted by atomic mass is 10.0. The van der Waals surface area contributed by atoms with Crippen molar-refractivity contribution in [2.75, 3.05) is 71.3 Å². The van der Waals surface area contributed by atoms with E-state index in [-0.39, 0.29) is 18.6 Å². The maximum absolute atomic E-state index is 12.6. The molecule has 0 atom stereocenters. The first-order chi connectivity index (χ1) is 17.6. The molecule has 0 saturated carbocycles. The predicted molar refractivity (Wildman–Crippen MR) is 138 cm³/mol. The van der Waals surface area contributed by atoms with E-state index < -0.39 is 6.09 Å². The number of para-hydroxylation sites is 1. The van der Waals surface area contributed by atoms with Gasteiger partial charge in [-0.2, -0.15) is 0 Å². The summed E-state index contributed by atoms with van der Waals surface area (Å²) in [7, 11) is 1.87. The Morgan fingerprint density at radius 1 is 1.03 bits per heavy atom. The molecule has 3 fully saturated rings. The zero-order chi connectivity index (χ0) is 25.3. The molecule has 1 aromatic rings. The number of piperidine rings is 2. The van der Waals surface area contributed by atoms with Crippen molar-refractivity contribution >= 4 is 24.1 Å². The molecule has 3 amide bonds. The summed E-state index contributed by atoms with van der Waals surface area (Å²) < 4.78 is 5.37. The van der Waals surface area contributed by atoms with Crippen LogP contribution in [-0.2, 0) is 20.9 Å². The van der Waals surface area contributed by atoms with Crippen molar-refractivity contribution in [1.82, 2.24) is 24.9 Å². The van der Waals surface area contributed by atoms with Crippen LogP contribution in [0.4, 0.5) is 10.5 Å². The van der Waals surface area contributed by atoms with E-state index in [0.717, 1.165) is 56.7 Å². The molecular formula is C26H40N6O4. The van der Waals surface area contributed by atoms with Crippen LogP contribution in [0.3, 0.4) is 0 Å². The second-order valence-corrected chi connectivity index (χ2v) is 9.86. The first kappa shape index (κ1) is 26.2. The van der Waals surface area contributed by atoms with E-state index in [0.29, 0.717) is 51.6 Å². The Morgan fingerprint density at radius 2 is 1.72 bits per heavy atom. The molecule has 198 valence electrons. The molecule has 0 aromatic heterocycles. The van der Waals surface area contributed by atoms with Gasteiger partial charge in [0.1, 0.15) is 0 Å². The molecule has 1 aromatic carbocycles. The highest BCUT2D eigenvalue weighted by atomic mass is 16.6.